The lowest BCUT2D eigenvalue weighted by molar-refractivity contribution is 0.638. The van der Waals surface area contributed by atoms with Gasteiger partial charge in [0.1, 0.15) is 0 Å². The standard InChI is InChI=1S/C13H19N/c1-5-7-12(6-2)8-9-13(10-14)11(3)4/h5,8-9,12H,1,6-7H2,2-4H3. The van der Waals surface area contributed by atoms with Gasteiger partial charge in [0.2, 0.25) is 0 Å². The molecule has 0 saturated carbocycles. The van der Waals surface area contributed by atoms with Gasteiger partial charge in [0, 0.05) is 0 Å². The average molecular weight is 189 g/mol. The summed E-state index contributed by atoms with van der Waals surface area (Å²) in [6.45, 7) is 9.78. The molecule has 0 bridgehead atoms. The van der Waals surface area contributed by atoms with Crippen LogP contribution < -0.4 is 0 Å². The zero-order valence-corrected chi connectivity index (χ0v) is 9.38. The van der Waals surface area contributed by atoms with Crippen molar-refractivity contribution in [3.63, 3.8) is 0 Å². The third-order valence-electron chi connectivity index (χ3n) is 2.19. The third kappa shape index (κ3) is 4.67. The molecule has 0 saturated heterocycles. The molecule has 14 heavy (non-hydrogen) atoms. The maximum Gasteiger partial charge on any atom is 0.0990 e. The van der Waals surface area contributed by atoms with Crippen LogP contribution in [-0.4, -0.2) is 0 Å². The highest BCUT2D eigenvalue weighted by Crippen LogP contribution is 2.13. The summed E-state index contributed by atoms with van der Waals surface area (Å²) in [6, 6.07) is 2.19. The van der Waals surface area contributed by atoms with Gasteiger partial charge in [-0.15, -0.1) is 6.58 Å². The SMILES string of the molecule is C=CCC(C=CC(C#N)=C(C)C)CC. The molecule has 0 spiro atoms. The number of rotatable bonds is 5. The molecule has 0 aliphatic carbocycles. The zero-order valence-electron chi connectivity index (χ0n) is 9.38. The van der Waals surface area contributed by atoms with Gasteiger partial charge in [-0.1, -0.05) is 24.6 Å². The maximum absolute atomic E-state index is 8.83. The molecule has 0 aliphatic rings. The summed E-state index contributed by atoms with van der Waals surface area (Å²) in [7, 11) is 0. The molecule has 0 amide bonds. The smallest absolute Gasteiger partial charge is 0.0990 e. The predicted octanol–water partition coefficient (Wildman–Crippen LogP) is 4.00. The third-order valence-corrected chi connectivity index (χ3v) is 2.19. The molecular weight excluding hydrogens is 170 g/mol. The van der Waals surface area contributed by atoms with E-state index in [-0.39, 0.29) is 0 Å². The van der Waals surface area contributed by atoms with Crippen molar-refractivity contribution in [2.75, 3.05) is 0 Å². The Hall–Kier alpha value is -1.29. The van der Waals surface area contributed by atoms with Crippen LogP contribution in [0, 0.1) is 17.2 Å². The summed E-state index contributed by atoms with van der Waals surface area (Å²) >= 11 is 0. The van der Waals surface area contributed by atoms with Gasteiger partial charge >= 0.3 is 0 Å². The highest BCUT2D eigenvalue weighted by Gasteiger charge is 1.99. The molecule has 76 valence electrons. The van der Waals surface area contributed by atoms with E-state index in [0.29, 0.717) is 5.92 Å². The van der Waals surface area contributed by atoms with E-state index in [1.54, 1.807) is 0 Å². The van der Waals surface area contributed by atoms with Crippen molar-refractivity contribution in [1.29, 1.82) is 5.26 Å². The Morgan fingerprint density at radius 2 is 2.14 bits per heavy atom. The Morgan fingerprint density at radius 3 is 2.50 bits per heavy atom. The lowest BCUT2D eigenvalue weighted by Gasteiger charge is -2.05. The molecule has 0 aromatic rings. The fourth-order valence-electron chi connectivity index (χ4n) is 1.14. The quantitative estimate of drug-likeness (QED) is 0.364. The van der Waals surface area contributed by atoms with Crippen molar-refractivity contribution in [3.05, 3.63) is 36.0 Å². The molecule has 0 aromatic heterocycles. The van der Waals surface area contributed by atoms with Gasteiger partial charge in [-0.25, -0.2) is 0 Å². The van der Waals surface area contributed by atoms with Gasteiger partial charge in [-0.2, -0.15) is 5.26 Å². The number of nitriles is 1. The van der Waals surface area contributed by atoms with Gasteiger partial charge in [-0.3, -0.25) is 0 Å². The van der Waals surface area contributed by atoms with Gasteiger partial charge < -0.3 is 0 Å². The monoisotopic (exact) mass is 189 g/mol. The van der Waals surface area contributed by atoms with Crippen LogP contribution in [0.15, 0.2) is 36.0 Å². The van der Waals surface area contributed by atoms with Crippen molar-refractivity contribution in [3.8, 4) is 6.07 Å². The Bertz CT molecular complexity index is 272. The van der Waals surface area contributed by atoms with Crippen molar-refractivity contribution >= 4 is 0 Å². The van der Waals surface area contributed by atoms with Crippen LogP contribution in [0.1, 0.15) is 33.6 Å². The summed E-state index contributed by atoms with van der Waals surface area (Å²) in [6.07, 6.45) is 8.02. The van der Waals surface area contributed by atoms with Gasteiger partial charge in [0.25, 0.3) is 0 Å². The molecule has 0 aromatic carbocycles. The maximum atomic E-state index is 8.83. The number of hydrogen-bond donors (Lipinski definition) is 0. The van der Waals surface area contributed by atoms with E-state index < -0.39 is 0 Å². The normalized spacial score (nSPS) is 12.1. The first-order valence-electron chi connectivity index (χ1n) is 5.02. The van der Waals surface area contributed by atoms with E-state index in [4.69, 9.17) is 5.26 Å². The van der Waals surface area contributed by atoms with E-state index >= 15 is 0 Å². The number of allylic oxidation sites excluding steroid dienone is 5. The Labute approximate surface area is 87.4 Å². The highest BCUT2D eigenvalue weighted by molar-refractivity contribution is 5.36. The van der Waals surface area contributed by atoms with E-state index in [9.17, 15) is 0 Å². The van der Waals surface area contributed by atoms with Crippen molar-refractivity contribution < 1.29 is 0 Å². The molecule has 1 unspecified atom stereocenters. The summed E-state index contributed by atoms with van der Waals surface area (Å²) in [5.74, 6) is 0.509. The van der Waals surface area contributed by atoms with E-state index in [1.807, 2.05) is 26.0 Å². The van der Waals surface area contributed by atoms with Crippen LogP contribution in [0.5, 0.6) is 0 Å². The van der Waals surface area contributed by atoms with Crippen LogP contribution in [0.3, 0.4) is 0 Å². The molecule has 0 fully saturated rings. The van der Waals surface area contributed by atoms with Crippen LogP contribution in [0.25, 0.3) is 0 Å². The van der Waals surface area contributed by atoms with E-state index in [1.165, 1.54) is 0 Å². The number of hydrogen-bond acceptors (Lipinski definition) is 1. The summed E-state index contributed by atoms with van der Waals surface area (Å²) in [5, 5.41) is 8.83. The largest absolute Gasteiger partial charge is 0.192 e. The first kappa shape index (κ1) is 12.7. The van der Waals surface area contributed by atoms with Crippen molar-refractivity contribution in [1.82, 2.24) is 0 Å². The fraction of sp³-hybridized carbons (Fsp3) is 0.462. The van der Waals surface area contributed by atoms with Gasteiger partial charge in [-0.05, 0) is 38.7 Å². The molecule has 0 heterocycles. The second kappa shape index (κ2) is 7.15. The topological polar surface area (TPSA) is 23.8 Å². The van der Waals surface area contributed by atoms with Gasteiger partial charge in [0.05, 0.1) is 11.6 Å². The Morgan fingerprint density at radius 1 is 1.50 bits per heavy atom. The Kier molecular flexibility index (Phi) is 6.49. The second-order valence-electron chi connectivity index (χ2n) is 3.58. The van der Waals surface area contributed by atoms with Crippen molar-refractivity contribution in [2.24, 2.45) is 5.92 Å². The summed E-state index contributed by atoms with van der Waals surface area (Å²) in [5.41, 5.74) is 1.84. The minimum absolute atomic E-state index is 0.509. The van der Waals surface area contributed by atoms with Crippen LogP contribution in [0.2, 0.25) is 0 Å². The summed E-state index contributed by atoms with van der Waals surface area (Å²) in [4.78, 5) is 0. The molecule has 0 N–H and O–H groups in total. The molecule has 1 nitrogen and oxygen atoms in total. The molecule has 0 radical (unpaired) electrons. The molecule has 0 rings (SSSR count). The predicted molar refractivity (Wildman–Crippen MR) is 61.7 cm³/mol. The minimum Gasteiger partial charge on any atom is -0.192 e. The molecule has 1 atom stereocenters. The van der Waals surface area contributed by atoms with Gasteiger partial charge in [0.15, 0.2) is 0 Å². The molecular formula is C13H19N. The minimum atomic E-state index is 0.509. The average Bonchev–Trinajstić information content (AvgIpc) is 2.16. The molecule has 1 heteroatoms. The summed E-state index contributed by atoms with van der Waals surface area (Å²) < 4.78 is 0. The molecule has 0 aliphatic heterocycles. The second-order valence-corrected chi connectivity index (χ2v) is 3.58. The number of nitrogens with zero attached hydrogens (tertiary/aromatic N) is 1. The van der Waals surface area contributed by atoms with Crippen LogP contribution in [-0.2, 0) is 0 Å². The highest BCUT2D eigenvalue weighted by atomic mass is 14.2. The van der Waals surface area contributed by atoms with E-state index in [0.717, 1.165) is 24.0 Å². The fourth-order valence-corrected chi connectivity index (χ4v) is 1.14. The zero-order chi connectivity index (χ0) is 11.0. The van der Waals surface area contributed by atoms with Crippen LogP contribution in [0.4, 0.5) is 0 Å². The van der Waals surface area contributed by atoms with Crippen molar-refractivity contribution in [2.45, 2.75) is 33.6 Å². The van der Waals surface area contributed by atoms with E-state index in [2.05, 4.69) is 25.6 Å². The first-order valence-corrected chi connectivity index (χ1v) is 5.02. The van der Waals surface area contributed by atoms with Crippen LogP contribution >= 0.6 is 0 Å². The Balaban J connectivity index is 4.48. The lowest BCUT2D eigenvalue weighted by atomic mass is 10.0. The lowest BCUT2D eigenvalue weighted by Crippen LogP contribution is -1.91. The first-order chi connectivity index (χ1) is 6.65.